The van der Waals surface area contributed by atoms with E-state index in [2.05, 4.69) is 5.32 Å². The SMILES string of the molecule is CN1C(=O)C(C)(C)CNc2ccc(F)cc21. The predicted molar refractivity (Wildman–Crippen MR) is 62.1 cm³/mol. The Labute approximate surface area is 94.3 Å². The Morgan fingerprint density at radius 1 is 1.44 bits per heavy atom. The molecule has 1 aromatic carbocycles. The van der Waals surface area contributed by atoms with E-state index in [0.29, 0.717) is 12.2 Å². The lowest BCUT2D eigenvalue weighted by molar-refractivity contribution is -0.125. The van der Waals surface area contributed by atoms with Crippen molar-refractivity contribution in [2.24, 2.45) is 5.41 Å². The lowest BCUT2D eigenvalue weighted by atomic mass is 9.92. The van der Waals surface area contributed by atoms with Gasteiger partial charge >= 0.3 is 0 Å². The Balaban J connectivity index is 2.51. The van der Waals surface area contributed by atoms with Crippen LogP contribution in [-0.2, 0) is 4.79 Å². The first-order chi connectivity index (χ1) is 7.42. The molecule has 1 aliphatic heterocycles. The van der Waals surface area contributed by atoms with Crippen LogP contribution >= 0.6 is 0 Å². The van der Waals surface area contributed by atoms with Gasteiger partial charge in [-0.25, -0.2) is 4.39 Å². The third-order valence-electron chi connectivity index (χ3n) is 2.93. The lowest BCUT2D eigenvalue weighted by Crippen LogP contribution is -2.40. The molecule has 1 amide bonds. The van der Waals surface area contributed by atoms with Crippen LogP contribution in [0.1, 0.15) is 13.8 Å². The maximum Gasteiger partial charge on any atom is 0.234 e. The van der Waals surface area contributed by atoms with Gasteiger partial charge in [0.15, 0.2) is 0 Å². The molecule has 0 fully saturated rings. The molecule has 1 aromatic rings. The molecule has 0 spiro atoms. The van der Waals surface area contributed by atoms with Gasteiger partial charge in [-0.3, -0.25) is 4.79 Å². The molecule has 1 aliphatic rings. The molecule has 0 aromatic heterocycles. The van der Waals surface area contributed by atoms with E-state index in [1.165, 1.54) is 17.0 Å². The monoisotopic (exact) mass is 222 g/mol. The third kappa shape index (κ3) is 1.64. The minimum absolute atomic E-state index is 0.00986. The summed E-state index contributed by atoms with van der Waals surface area (Å²) in [4.78, 5) is 13.6. The van der Waals surface area contributed by atoms with Crippen LogP contribution in [0, 0.1) is 11.2 Å². The van der Waals surface area contributed by atoms with Gasteiger partial charge in [-0.2, -0.15) is 0 Å². The standard InChI is InChI=1S/C12H15FN2O/c1-12(2)7-14-9-5-4-8(13)6-10(9)15(3)11(12)16/h4-6,14H,7H2,1-3H3. The maximum absolute atomic E-state index is 13.2. The zero-order valence-corrected chi connectivity index (χ0v) is 9.67. The van der Waals surface area contributed by atoms with Crippen LogP contribution < -0.4 is 10.2 Å². The van der Waals surface area contributed by atoms with Crippen LogP contribution in [-0.4, -0.2) is 19.5 Å². The van der Waals surface area contributed by atoms with E-state index in [1.54, 1.807) is 13.1 Å². The van der Waals surface area contributed by atoms with E-state index in [9.17, 15) is 9.18 Å². The molecular weight excluding hydrogens is 207 g/mol. The molecule has 16 heavy (non-hydrogen) atoms. The average molecular weight is 222 g/mol. The summed E-state index contributed by atoms with van der Waals surface area (Å²) in [6, 6.07) is 4.43. The van der Waals surface area contributed by atoms with Gasteiger partial charge in [0.2, 0.25) is 5.91 Å². The van der Waals surface area contributed by atoms with Gasteiger partial charge in [0.05, 0.1) is 16.8 Å². The van der Waals surface area contributed by atoms with Crippen molar-refractivity contribution in [1.29, 1.82) is 0 Å². The third-order valence-corrected chi connectivity index (χ3v) is 2.93. The van der Waals surface area contributed by atoms with Crippen molar-refractivity contribution in [3.8, 4) is 0 Å². The van der Waals surface area contributed by atoms with Crippen LogP contribution in [0.25, 0.3) is 0 Å². The summed E-state index contributed by atoms with van der Waals surface area (Å²) in [6.07, 6.45) is 0. The molecule has 1 heterocycles. The van der Waals surface area contributed by atoms with Crippen molar-refractivity contribution in [2.75, 3.05) is 23.8 Å². The van der Waals surface area contributed by atoms with E-state index in [-0.39, 0.29) is 11.7 Å². The Morgan fingerprint density at radius 3 is 2.81 bits per heavy atom. The minimum atomic E-state index is -0.482. The molecule has 2 rings (SSSR count). The van der Waals surface area contributed by atoms with E-state index in [1.807, 2.05) is 13.8 Å². The Bertz CT molecular complexity index is 443. The number of hydrogen-bond acceptors (Lipinski definition) is 2. The van der Waals surface area contributed by atoms with Crippen LogP contribution in [0.5, 0.6) is 0 Å². The number of nitrogens with one attached hydrogen (secondary N) is 1. The highest BCUT2D eigenvalue weighted by molar-refractivity contribution is 6.01. The van der Waals surface area contributed by atoms with Gasteiger partial charge in [-0.15, -0.1) is 0 Å². The summed E-state index contributed by atoms with van der Waals surface area (Å²) < 4.78 is 13.2. The maximum atomic E-state index is 13.2. The number of amides is 1. The Kier molecular flexibility index (Phi) is 2.37. The van der Waals surface area contributed by atoms with E-state index < -0.39 is 5.41 Å². The van der Waals surface area contributed by atoms with Gasteiger partial charge < -0.3 is 10.2 Å². The average Bonchev–Trinajstić information content (AvgIpc) is 2.31. The number of carbonyl (C=O) groups is 1. The second kappa shape index (κ2) is 3.47. The van der Waals surface area contributed by atoms with Crippen LogP contribution in [0.2, 0.25) is 0 Å². The molecule has 0 atom stereocenters. The Morgan fingerprint density at radius 2 is 2.12 bits per heavy atom. The lowest BCUT2D eigenvalue weighted by Gasteiger charge is -2.25. The molecule has 0 aliphatic carbocycles. The molecule has 0 saturated carbocycles. The fourth-order valence-corrected chi connectivity index (χ4v) is 1.89. The van der Waals surface area contributed by atoms with Crippen molar-refractivity contribution < 1.29 is 9.18 Å². The smallest absolute Gasteiger partial charge is 0.234 e. The van der Waals surface area contributed by atoms with E-state index in [0.717, 1.165) is 5.69 Å². The van der Waals surface area contributed by atoms with Crippen molar-refractivity contribution >= 4 is 17.3 Å². The van der Waals surface area contributed by atoms with E-state index >= 15 is 0 Å². The highest BCUT2D eigenvalue weighted by Gasteiger charge is 2.34. The molecule has 1 N–H and O–H groups in total. The molecule has 0 saturated heterocycles. The second-order valence-corrected chi connectivity index (χ2v) is 4.76. The first-order valence-corrected chi connectivity index (χ1v) is 5.23. The molecule has 0 radical (unpaired) electrons. The largest absolute Gasteiger partial charge is 0.382 e. The Hall–Kier alpha value is -1.58. The van der Waals surface area contributed by atoms with Crippen molar-refractivity contribution in [3.63, 3.8) is 0 Å². The summed E-state index contributed by atoms with van der Waals surface area (Å²) in [5.41, 5.74) is 0.906. The molecular formula is C12H15FN2O. The van der Waals surface area contributed by atoms with Crippen LogP contribution in [0.3, 0.4) is 0 Å². The zero-order valence-electron chi connectivity index (χ0n) is 9.67. The molecule has 4 heteroatoms. The number of rotatable bonds is 0. The number of hydrogen-bond donors (Lipinski definition) is 1. The minimum Gasteiger partial charge on any atom is -0.382 e. The number of benzene rings is 1. The van der Waals surface area contributed by atoms with Gasteiger partial charge in [0, 0.05) is 13.6 Å². The summed E-state index contributed by atoms with van der Waals surface area (Å²) in [7, 11) is 1.68. The molecule has 86 valence electrons. The number of carbonyl (C=O) groups excluding carboxylic acids is 1. The highest BCUT2D eigenvalue weighted by atomic mass is 19.1. The quantitative estimate of drug-likeness (QED) is 0.730. The van der Waals surface area contributed by atoms with E-state index in [4.69, 9.17) is 0 Å². The molecule has 0 unspecified atom stereocenters. The normalized spacial score (nSPS) is 18.8. The van der Waals surface area contributed by atoms with Gasteiger partial charge in [-0.05, 0) is 32.0 Å². The van der Waals surface area contributed by atoms with Gasteiger partial charge in [-0.1, -0.05) is 0 Å². The summed E-state index contributed by atoms with van der Waals surface area (Å²) >= 11 is 0. The van der Waals surface area contributed by atoms with Crippen molar-refractivity contribution in [3.05, 3.63) is 24.0 Å². The highest BCUT2D eigenvalue weighted by Crippen LogP contribution is 2.33. The van der Waals surface area contributed by atoms with Crippen molar-refractivity contribution in [1.82, 2.24) is 0 Å². The van der Waals surface area contributed by atoms with Crippen LogP contribution in [0.15, 0.2) is 18.2 Å². The number of anilines is 2. The summed E-state index contributed by atoms with van der Waals surface area (Å²) in [6.45, 7) is 4.30. The summed E-state index contributed by atoms with van der Waals surface area (Å²) in [5, 5.41) is 3.17. The number of nitrogens with zero attached hydrogens (tertiary/aromatic N) is 1. The van der Waals surface area contributed by atoms with Crippen molar-refractivity contribution in [2.45, 2.75) is 13.8 Å². The first-order valence-electron chi connectivity index (χ1n) is 5.23. The first kappa shape index (κ1) is 10.9. The fourth-order valence-electron chi connectivity index (χ4n) is 1.89. The topological polar surface area (TPSA) is 32.3 Å². The fraction of sp³-hybridized carbons (Fsp3) is 0.417. The van der Waals surface area contributed by atoms with Gasteiger partial charge in [0.1, 0.15) is 5.82 Å². The predicted octanol–water partition coefficient (Wildman–Crippen LogP) is 2.24. The van der Waals surface area contributed by atoms with Gasteiger partial charge in [0.25, 0.3) is 0 Å². The zero-order chi connectivity index (χ0) is 11.9. The molecule has 3 nitrogen and oxygen atoms in total. The van der Waals surface area contributed by atoms with Crippen LogP contribution in [0.4, 0.5) is 15.8 Å². The molecule has 0 bridgehead atoms. The number of fused-ring (bicyclic) bond motifs is 1. The number of halogens is 1. The summed E-state index contributed by atoms with van der Waals surface area (Å²) in [5.74, 6) is -0.343. The second-order valence-electron chi connectivity index (χ2n) is 4.76.